The highest BCUT2D eigenvalue weighted by Gasteiger charge is 2.44. The monoisotopic (exact) mass is 436 g/mol. The topological polar surface area (TPSA) is 66.0 Å². The van der Waals surface area contributed by atoms with Gasteiger partial charge in [0.1, 0.15) is 0 Å². The normalized spacial score (nSPS) is 19.5. The van der Waals surface area contributed by atoms with E-state index in [-0.39, 0.29) is 11.5 Å². The molecule has 2 N–H and O–H groups in total. The van der Waals surface area contributed by atoms with Gasteiger partial charge in [0.25, 0.3) is 0 Å². The minimum absolute atomic E-state index is 0.181. The lowest BCUT2D eigenvalue weighted by molar-refractivity contribution is 0.111. The van der Waals surface area contributed by atoms with Gasteiger partial charge in [-0.2, -0.15) is 0 Å². The molecule has 2 aliphatic rings. The number of halogens is 1. The summed E-state index contributed by atoms with van der Waals surface area (Å²) in [6.45, 7) is 5.13. The van der Waals surface area contributed by atoms with E-state index in [1.54, 1.807) is 4.90 Å². The SMILES string of the molecule is CCNC(=NCC1(c2cccc(Br)c2)CC1)NC1CCN(C(=O)OC)CC1. The maximum Gasteiger partial charge on any atom is 0.409 e. The largest absolute Gasteiger partial charge is 0.453 e. The summed E-state index contributed by atoms with van der Waals surface area (Å²) in [5.41, 5.74) is 1.54. The molecule has 0 bridgehead atoms. The van der Waals surface area contributed by atoms with Crippen molar-refractivity contribution in [2.75, 3.05) is 33.3 Å². The first kappa shape index (κ1) is 20.0. The van der Waals surface area contributed by atoms with Crippen LogP contribution in [0.4, 0.5) is 4.79 Å². The van der Waals surface area contributed by atoms with Crippen LogP contribution >= 0.6 is 15.9 Å². The number of ether oxygens (including phenoxy) is 1. The van der Waals surface area contributed by atoms with Crippen LogP contribution in [0.1, 0.15) is 38.2 Å². The fourth-order valence-electron chi connectivity index (χ4n) is 3.59. The lowest BCUT2D eigenvalue weighted by Crippen LogP contribution is -2.50. The minimum Gasteiger partial charge on any atom is -0.453 e. The van der Waals surface area contributed by atoms with E-state index >= 15 is 0 Å². The molecule has 1 saturated heterocycles. The predicted octanol–water partition coefficient (Wildman–Crippen LogP) is 3.27. The number of nitrogens with zero attached hydrogens (tertiary/aromatic N) is 2. The Hall–Kier alpha value is -1.76. The fourth-order valence-corrected chi connectivity index (χ4v) is 3.99. The molecule has 0 aromatic heterocycles. The van der Waals surface area contributed by atoms with Crippen molar-refractivity contribution < 1.29 is 9.53 Å². The van der Waals surface area contributed by atoms with Crippen molar-refractivity contribution in [3.8, 4) is 0 Å². The van der Waals surface area contributed by atoms with Crippen molar-refractivity contribution in [2.24, 2.45) is 4.99 Å². The van der Waals surface area contributed by atoms with Gasteiger partial charge in [-0.25, -0.2) is 4.79 Å². The number of methoxy groups -OCH3 is 1. The standard InChI is InChI=1S/C20H29BrN4O2/c1-3-22-18(24-17-7-11-25(12-8-17)19(26)27-2)23-14-20(9-10-20)15-5-4-6-16(21)13-15/h4-6,13,17H,3,7-12,14H2,1-2H3,(H2,22,23,24). The van der Waals surface area contributed by atoms with Crippen molar-refractivity contribution in [3.63, 3.8) is 0 Å². The van der Waals surface area contributed by atoms with E-state index in [1.807, 2.05) is 0 Å². The highest BCUT2D eigenvalue weighted by atomic mass is 79.9. The van der Waals surface area contributed by atoms with Crippen LogP contribution in [0.3, 0.4) is 0 Å². The molecule has 148 valence electrons. The average molecular weight is 437 g/mol. The third kappa shape index (κ3) is 5.15. The highest BCUT2D eigenvalue weighted by molar-refractivity contribution is 9.10. The van der Waals surface area contributed by atoms with Crippen molar-refractivity contribution in [1.29, 1.82) is 0 Å². The second kappa shape index (κ2) is 8.95. The van der Waals surface area contributed by atoms with Crippen molar-refractivity contribution >= 4 is 28.0 Å². The first-order chi connectivity index (χ1) is 13.1. The Bertz CT molecular complexity index is 682. The number of amides is 1. The van der Waals surface area contributed by atoms with Gasteiger partial charge in [0.2, 0.25) is 0 Å². The maximum absolute atomic E-state index is 11.6. The van der Waals surface area contributed by atoms with Gasteiger partial charge < -0.3 is 20.3 Å². The van der Waals surface area contributed by atoms with Crippen LogP contribution in [-0.2, 0) is 10.2 Å². The lowest BCUT2D eigenvalue weighted by Gasteiger charge is -2.32. The van der Waals surface area contributed by atoms with Gasteiger partial charge in [-0.3, -0.25) is 4.99 Å². The third-order valence-corrected chi connectivity index (χ3v) is 5.94. The number of nitrogens with one attached hydrogen (secondary N) is 2. The number of hydrogen-bond donors (Lipinski definition) is 2. The minimum atomic E-state index is -0.237. The van der Waals surface area contributed by atoms with E-state index in [1.165, 1.54) is 25.5 Å². The summed E-state index contributed by atoms with van der Waals surface area (Å²) < 4.78 is 5.93. The zero-order valence-corrected chi connectivity index (χ0v) is 17.7. The van der Waals surface area contributed by atoms with E-state index < -0.39 is 0 Å². The molecule has 1 aromatic rings. The first-order valence-corrected chi connectivity index (χ1v) is 10.5. The Labute approximate surface area is 169 Å². The van der Waals surface area contributed by atoms with E-state index in [0.29, 0.717) is 19.1 Å². The van der Waals surface area contributed by atoms with E-state index in [9.17, 15) is 4.79 Å². The van der Waals surface area contributed by atoms with E-state index in [2.05, 4.69) is 57.8 Å². The molecule has 1 aromatic carbocycles. The van der Waals surface area contributed by atoms with Gasteiger partial charge in [-0.1, -0.05) is 28.1 Å². The number of carbonyl (C=O) groups is 1. The van der Waals surface area contributed by atoms with Gasteiger partial charge in [0.05, 0.1) is 13.7 Å². The van der Waals surface area contributed by atoms with Crippen LogP contribution in [0.5, 0.6) is 0 Å². The molecule has 1 aliphatic heterocycles. The van der Waals surface area contributed by atoms with Crippen LogP contribution in [0, 0.1) is 0 Å². The molecule has 0 unspecified atom stereocenters. The molecule has 7 heteroatoms. The second-order valence-electron chi connectivity index (χ2n) is 7.36. The maximum atomic E-state index is 11.6. The fraction of sp³-hybridized carbons (Fsp3) is 0.600. The second-order valence-corrected chi connectivity index (χ2v) is 8.28. The number of guanidine groups is 1. The predicted molar refractivity (Wildman–Crippen MR) is 111 cm³/mol. The quantitative estimate of drug-likeness (QED) is 0.548. The molecular formula is C20H29BrN4O2. The van der Waals surface area contributed by atoms with E-state index in [0.717, 1.165) is 36.4 Å². The number of benzene rings is 1. The van der Waals surface area contributed by atoms with Gasteiger partial charge in [0, 0.05) is 35.6 Å². The molecule has 0 atom stereocenters. The van der Waals surface area contributed by atoms with Crippen LogP contribution < -0.4 is 10.6 Å². The van der Waals surface area contributed by atoms with Crippen LogP contribution in [-0.4, -0.2) is 56.3 Å². The Balaban J connectivity index is 1.58. The molecule has 27 heavy (non-hydrogen) atoms. The molecule has 2 fully saturated rings. The summed E-state index contributed by atoms with van der Waals surface area (Å²) in [5, 5.41) is 6.91. The summed E-state index contributed by atoms with van der Waals surface area (Å²) in [6.07, 6.45) is 3.93. The molecule has 3 rings (SSSR count). The molecule has 1 saturated carbocycles. The molecule has 1 aliphatic carbocycles. The first-order valence-electron chi connectivity index (χ1n) is 9.70. The Morgan fingerprint density at radius 1 is 1.37 bits per heavy atom. The molecule has 0 spiro atoms. The average Bonchev–Trinajstić information content (AvgIpc) is 3.47. The summed E-state index contributed by atoms with van der Waals surface area (Å²) in [5.74, 6) is 0.871. The van der Waals surface area contributed by atoms with Gasteiger partial charge in [-0.05, 0) is 50.3 Å². The Morgan fingerprint density at radius 2 is 2.11 bits per heavy atom. The van der Waals surface area contributed by atoms with Crippen molar-refractivity contribution in [1.82, 2.24) is 15.5 Å². The van der Waals surface area contributed by atoms with Crippen LogP contribution in [0.15, 0.2) is 33.7 Å². The molecule has 0 radical (unpaired) electrons. The van der Waals surface area contributed by atoms with Gasteiger partial charge >= 0.3 is 6.09 Å². The van der Waals surface area contributed by atoms with Gasteiger partial charge in [0.15, 0.2) is 5.96 Å². The number of hydrogen-bond acceptors (Lipinski definition) is 3. The Kier molecular flexibility index (Phi) is 6.63. The van der Waals surface area contributed by atoms with Gasteiger partial charge in [-0.15, -0.1) is 0 Å². The number of aliphatic imine (C=N–C) groups is 1. The summed E-state index contributed by atoms with van der Waals surface area (Å²) in [6, 6.07) is 8.91. The summed E-state index contributed by atoms with van der Waals surface area (Å²) >= 11 is 3.58. The van der Waals surface area contributed by atoms with Crippen molar-refractivity contribution in [2.45, 2.75) is 44.1 Å². The number of rotatable bonds is 5. The van der Waals surface area contributed by atoms with Crippen LogP contribution in [0.2, 0.25) is 0 Å². The van der Waals surface area contributed by atoms with E-state index in [4.69, 9.17) is 9.73 Å². The number of piperidine rings is 1. The summed E-state index contributed by atoms with van der Waals surface area (Å²) in [4.78, 5) is 18.3. The summed E-state index contributed by atoms with van der Waals surface area (Å²) in [7, 11) is 1.43. The number of likely N-dealkylation sites (tertiary alicyclic amines) is 1. The van der Waals surface area contributed by atoms with Crippen molar-refractivity contribution in [3.05, 3.63) is 34.3 Å². The smallest absolute Gasteiger partial charge is 0.409 e. The third-order valence-electron chi connectivity index (χ3n) is 5.44. The lowest BCUT2D eigenvalue weighted by atomic mass is 9.96. The molecular weight excluding hydrogens is 408 g/mol. The Morgan fingerprint density at radius 3 is 2.70 bits per heavy atom. The molecule has 1 heterocycles. The highest BCUT2D eigenvalue weighted by Crippen LogP contribution is 2.48. The van der Waals surface area contributed by atoms with Crippen LogP contribution in [0.25, 0.3) is 0 Å². The molecule has 1 amide bonds. The zero-order chi connectivity index (χ0) is 19.3. The number of carbonyl (C=O) groups excluding carboxylic acids is 1. The molecule has 6 nitrogen and oxygen atoms in total. The zero-order valence-electron chi connectivity index (χ0n) is 16.1.